The summed E-state index contributed by atoms with van der Waals surface area (Å²) in [6.07, 6.45) is 1.05. The van der Waals surface area contributed by atoms with E-state index in [2.05, 4.69) is 15.0 Å². The van der Waals surface area contributed by atoms with Gasteiger partial charge in [-0.25, -0.2) is 9.78 Å². The lowest BCUT2D eigenvalue weighted by atomic mass is 10.2. The van der Waals surface area contributed by atoms with E-state index in [0.717, 1.165) is 33.1 Å². The second-order valence-corrected chi connectivity index (χ2v) is 8.30. The molecule has 1 heterocycles. The molecule has 9 nitrogen and oxygen atoms in total. The molecule has 1 fully saturated rings. The van der Waals surface area contributed by atoms with Crippen molar-refractivity contribution in [3.63, 3.8) is 0 Å². The predicted molar refractivity (Wildman–Crippen MR) is 93.9 cm³/mol. The number of nitrogens with one attached hydrogen (secondary N) is 1. The molecule has 29 heavy (non-hydrogen) atoms. The van der Waals surface area contributed by atoms with Crippen LogP contribution in [-0.2, 0) is 14.8 Å². The van der Waals surface area contributed by atoms with E-state index in [0.29, 0.717) is 0 Å². The summed E-state index contributed by atoms with van der Waals surface area (Å²) >= 11 is 5.88. The third-order valence-electron chi connectivity index (χ3n) is 3.77. The van der Waals surface area contributed by atoms with Gasteiger partial charge in [0.1, 0.15) is 17.5 Å². The molecule has 0 saturated heterocycles. The van der Waals surface area contributed by atoms with E-state index in [9.17, 15) is 31.2 Å². The largest absolute Gasteiger partial charge is 0.516 e. The van der Waals surface area contributed by atoms with Crippen molar-refractivity contribution in [1.29, 1.82) is 0 Å². The summed E-state index contributed by atoms with van der Waals surface area (Å²) in [4.78, 5) is 27.5. The maximum atomic E-state index is 12.9. The summed E-state index contributed by atoms with van der Waals surface area (Å²) in [7, 11) is -5.27. The van der Waals surface area contributed by atoms with Crippen LogP contribution in [0.2, 0.25) is 5.15 Å². The Bertz CT molecular complexity index is 892. The molecule has 1 unspecified atom stereocenters. The van der Waals surface area contributed by atoms with E-state index >= 15 is 0 Å². The molecule has 162 valence electrons. The average Bonchev–Trinajstić information content (AvgIpc) is 3.43. The Morgan fingerprint density at radius 2 is 2.03 bits per heavy atom. The minimum absolute atomic E-state index is 0.0172. The van der Waals surface area contributed by atoms with E-state index in [-0.39, 0.29) is 22.5 Å². The van der Waals surface area contributed by atoms with Gasteiger partial charge in [-0.1, -0.05) is 11.6 Å². The highest BCUT2D eigenvalue weighted by Crippen LogP contribution is 2.29. The van der Waals surface area contributed by atoms with Crippen LogP contribution in [0.5, 0.6) is 5.75 Å². The van der Waals surface area contributed by atoms with Crippen LogP contribution < -0.4 is 10.1 Å². The van der Waals surface area contributed by atoms with E-state index in [4.69, 9.17) is 16.3 Å². The van der Waals surface area contributed by atoms with Crippen molar-refractivity contribution >= 4 is 33.6 Å². The van der Waals surface area contributed by atoms with Crippen molar-refractivity contribution in [2.45, 2.75) is 37.4 Å². The number of carbonyl (C=O) groups is 2. The number of halogens is 4. The molecule has 1 atom stereocenters. The monoisotopic (exact) mass is 459 g/mol. The fourth-order valence-electron chi connectivity index (χ4n) is 2.16. The molecule has 2 rings (SSSR count). The number of hydrogen-bond donors (Lipinski definition) is 1. The third kappa shape index (κ3) is 5.41. The molecule has 0 spiro atoms. The molecule has 2 amide bonds. The fraction of sp³-hybridized carbons (Fsp3) is 0.533. The number of methoxy groups -OCH3 is 1. The molecule has 0 aliphatic heterocycles. The molecule has 1 N–H and O–H groups in total. The molecule has 1 aliphatic carbocycles. The number of aromatic nitrogens is 1. The van der Waals surface area contributed by atoms with Gasteiger partial charge in [-0.15, -0.1) is 0 Å². The van der Waals surface area contributed by atoms with Crippen molar-refractivity contribution in [3.8, 4) is 5.75 Å². The molecule has 14 heteroatoms. The van der Waals surface area contributed by atoms with Crippen LogP contribution >= 0.6 is 11.6 Å². The van der Waals surface area contributed by atoms with Crippen molar-refractivity contribution < 1.29 is 40.7 Å². The number of carbonyl (C=O) groups excluding carboxylic acids is 2. The highest BCUT2D eigenvalue weighted by molar-refractivity contribution is 7.90. The highest BCUT2D eigenvalue weighted by atomic mass is 35.5. The molecule has 0 bridgehead atoms. The molecule has 1 aliphatic rings. The van der Waals surface area contributed by atoms with Crippen LogP contribution in [0.25, 0.3) is 0 Å². The van der Waals surface area contributed by atoms with E-state index in [1.54, 1.807) is 0 Å². The van der Waals surface area contributed by atoms with Crippen molar-refractivity contribution in [2.24, 2.45) is 0 Å². The normalized spacial score (nSPS) is 15.4. The zero-order valence-electron chi connectivity index (χ0n) is 15.2. The van der Waals surface area contributed by atoms with Crippen molar-refractivity contribution in [3.05, 3.63) is 23.0 Å². The number of amides is 2. The second-order valence-electron chi connectivity index (χ2n) is 6.13. The van der Waals surface area contributed by atoms with Crippen LogP contribution in [0.15, 0.2) is 12.3 Å². The number of ether oxygens (including phenoxy) is 2. The minimum Gasteiger partial charge on any atom is -0.490 e. The Kier molecular flexibility index (Phi) is 6.83. The summed E-state index contributed by atoms with van der Waals surface area (Å²) in [6, 6.07) is -0.335. The van der Waals surface area contributed by atoms with Crippen LogP contribution in [0, 0.1) is 0 Å². The molecular weight excluding hydrogens is 443 g/mol. The first kappa shape index (κ1) is 23.0. The summed E-state index contributed by atoms with van der Waals surface area (Å²) in [5, 5.41) is 2.58. The van der Waals surface area contributed by atoms with E-state index < -0.39 is 44.5 Å². The third-order valence-corrected chi connectivity index (χ3v) is 5.68. The van der Waals surface area contributed by atoms with Gasteiger partial charge in [0.25, 0.3) is 5.91 Å². The van der Waals surface area contributed by atoms with Crippen LogP contribution in [-0.4, -0.2) is 61.0 Å². The zero-order chi connectivity index (χ0) is 22.0. The molecule has 1 aromatic rings. The van der Waals surface area contributed by atoms with Crippen LogP contribution in [0.3, 0.4) is 0 Å². The Morgan fingerprint density at radius 1 is 1.41 bits per heavy atom. The van der Waals surface area contributed by atoms with Gasteiger partial charge in [0, 0.05) is 6.04 Å². The molecule has 0 aromatic carbocycles. The van der Waals surface area contributed by atoms with Crippen LogP contribution in [0.4, 0.5) is 18.0 Å². The lowest BCUT2D eigenvalue weighted by molar-refractivity contribution is -0.0498. The number of hydrogen-bond acceptors (Lipinski definition) is 7. The number of nitrogens with zero attached hydrogens (tertiary/aromatic N) is 2. The average molecular weight is 460 g/mol. The van der Waals surface area contributed by atoms with Crippen LogP contribution in [0.1, 0.15) is 30.1 Å². The van der Waals surface area contributed by atoms with Gasteiger partial charge in [-0.2, -0.15) is 25.9 Å². The predicted octanol–water partition coefficient (Wildman–Crippen LogP) is 2.31. The smallest absolute Gasteiger partial charge is 0.490 e. The van der Waals surface area contributed by atoms with Gasteiger partial charge in [0.2, 0.25) is 0 Å². The Balaban J connectivity index is 2.16. The van der Waals surface area contributed by atoms with Crippen molar-refractivity contribution in [2.75, 3.05) is 13.7 Å². The number of sulfonamides is 1. The number of rotatable bonds is 7. The van der Waals surface area contributed by atoms with Gasteiger partial charge >= 0.3 is 21.6 Å². The van der Waals surface area contributed by atoms with Gasteiger partial charge in [-0.3, -0.25) is 4.79 Å². The summed E-state index contributed by atoms with van der Waals surface area (Å²) in [6.45, 7) is 0.349. The minimum atomic E-state index is -6.01. The second kappa shape index (κ2) is 8.61. The molecular formula is C15H17ClF3N3O6S. The van der Waals surface area contributed by atoms with E-state index in [1.165, 1.54) is 6.07 Å². The summed E-state index contributed by atoms with van der Waals surface area (Å²) in [5.74, 6) is -0.559. The number of pyridine rings is 1. The van der Waals surface area contributed by atoms with Gasteiger partial charge in [0.15, 0.2) is 0 Å². The zero-order valence-corrected chi connectivity index (χ0v) is 16.8. The Hall–Kier alpha value is -2.28. The Labute approximate surface area is 169 Å². The van der Waals surface area contributed by atoms with Gasteiger partial charge in [-0.05, 0) is 25.8 Å². The molecule has 1 aromatic heterocycles. The highest BCUT2D eigenvalue weighted by Gasteiger charge is 2.54. The first-order chi connectivity index (χ1) is 13.4. The topological polar surface area (TPSA) is 115 Å². The Morgan fingerprint density at radius 3 is 2.55 bits per heavy atom. The fourth-order valence-corrected chi connectivity index (χ4v) is 3.38. The molecule has 0 radical (unpaired) electrons. The van der Waals surface area contributed by atoms with Gasteiger partial charge < -0.3 is 14.8 Å². The molecule has 1 saturated carbocycles. The SMILES string of the molecule is COC(=O)N(C(C)COc1cnc(Cl)c(C(=O)NC2CC2)c1)S(=O)(=O)C(F)(F)F. The lowest BCUT2D eigenvalue weighted by Crippen LogP contribution is -2.50. The maximum absolute atomic E-state index is 12.9. The maximum Gasteiger partial charge on any atom is 0.516 e. The summed E-state index contributed by atoms with van der Waals surface area (Å²) in [5.41, 5.74) is -5.73. The number of alkyl halides is 3. The standard InChI is InChI=1S/C15H17ClF3N3O6S/c1-8(22(14(24)27-2)29(25,26)15(17,18)19)7-28-10-5-11(12(16)20-6-10)13(23)21-9-3-4-9/h5-6,8-9H,3-4,7H2,1-2H3,(H,21,23). The van der Waals surface area contributed by atoms with E-state index in [1.807, 2.05) is 0 Å². The van der Waals surface area contributed by atoms with Crippen molar-refractivity contribution in [1.82, 2.24) is 14.6 Å². The lowest BCUT2D eigenvalue weighted by Gasteiger charge is -2.27. The first-order valence-electron chi connectivity index (χ1n) is 8.16. The summed E-state index contributed by atoms with van der Waals surface area (Å²) < 4.78 is 70.8. The first-order valence-corrected chi connectivity index (χ1v) is 9.98. The quantitative estimate of drug-likeness (QED) is 0.622. The van der Waals surface area contributed by atoms with Gasteiger partial charge in [0.05, 0.1) is 24.9 Å².